The topological polar surface area (TPSA) is 73.0 Å². The molecule has 0 radical (unpaired) electrons. The first kappa shape index (κ1) is 16.9. The number of fused-ring (bicyclic) bond motifs is 1. The van der Waals surface area contributed by atoms with Gasteiger partial charge >= 0.3 is 0 Å². The minimum Gasteiger partial charge on any atom is -0.340 e. The van der Waals surface area contributed by atoms with Crippen molar-refractivity contribution in [3.8, 4) is 0 Å². The van der Waals surface area contributed by atoms with Crippen molar-refractivity contribution >= 4 is 16.9 Å². The molecule has 0 atom stereocenters. The van der Waals surface area contributed by atoms with E-state index in [0.29, 0.717) is 17.6 Å². The summed E-state index contributed by atoms with van der Waals surface area (Å²) in [5.41, 5.74) is 2.58. The third kappa shape index (κ3) is 3.45. The molecule has 0 aliphatic rings. The van der Waals surface area contributed by atoms with Gasteiger partial charge in [-0.3, -0.25) is 18.8 Å². The molecule has 0 N–H and O–H groups in total. The van der Waals surface area contributed by atoms with Crippen LogP contribution in [0.2, 0.25) is 0 Å². The second-order valence-corrected chi connectivity index (χ2v) is 6.10. The normalized spacial score (nSPS) is 11.0. The van der Waals surface area contributed by atoms with E-state index in [1.165, 1.54) is 27.3 Å². The highest BCUT2D eigenvalue weighted by Gasteiger charge is 2.14. The molecule has 2 heterocycles. The second-order valence-electron chi connectivity index (χ2n) is 6.10. The summed E-state index contributed by atoms with van der Waals surface area (Å²) in [7, 11) is 3.46. The first-order chi connectivity index (χ1) is 12.0. The summed E-state index contributed by atoms with van der Waals surface area (Å²) < 4.78 is 2.86. The predicted octanol–water partition coefficient (Wildman–Crippen LogP) is 1.35. The van der Waals surface area contributed by atoms with Gasteiger partial charge in [0.2, 0.25) is 5.91 Å². The van der Waals surface area contributed by atoms with Crippen LogP contribution in [0.5, 0.6) is 0 Å². The van der Waals surface area contributed by atoms with Crippen LogP contribution in [0.1, 0.15) is 18.1 Å². The zero-order valence-electron chi connectivity index (χ0n) is 14.6. The molecule has 1 aromatic carbocycles. The summed E-state index contributed by atoms with van der Waals surface area (Å²) >= 11 is 0. The largest absolute Gasteiger partial charge is 0.340 e. The molecule has 0 saturated heterocycles. The Hall–Kier alpha value is -2.96. The summed E-state index contributed by atoms with van der Waals surface area (Å²) in [6, 6.07) is 8.19. The van der Waals surface area contributed by atoms with Gasteiger partial charge in [0.15, 0.2) is 5.65 Å². The number of rotatable bonds is 5. The van der Waals surface area contributed by atoms with E-state index in [0.717, 1.165) is 12.0 Å². The summed E-state index contributed by atoms with van der Waals surface area (Å²) in [6.07, 6.45) is 3.86. The fraction of sp³-hybridized carbons (Fsp3) is 0.333. The molecule has 1 amide bonds. The number of aromatic nitrogens is 4. The molecular weight excluding hydrogens is 318 g/mol. The summed E-state index contributed by atoms with van der Waals surface area (Å²) in [4.78, 5) is 30.7. The lowest BCUT2D eigenvalue weighted by atomic mass is 10.1. The van der Waals surface area contributed by atoms with E-state index in [-0.39, 0.29) is 18.0 Å². The first-order valence-corrected chi connectivity index (χ1v) is 8.18. The molecule has 0 aliphatic carbocycles. The number of hydrogen-bond acceptors (Lipinski definition) is 4. The van der Waals surface area contributed by atoms with Gasteiger partial charge in [-0.15, -0.1) is 0 Å². The molecule has 3 rings (SSSR count). The van der Waals surface area contributed by atoms with Crippen molar-refractivity contribution in [1.82, 2.24) is 24.2 Å². The number of nitrogens with zero attached hydrogens (tertiary/aromatic N) is 5. The number of carbonyl (C=O) groups excluding carboxylic acids is 1. The Morgan fingerprint density at radius 1 is 1.20 bits per heavy atom. The summed E-state index contributed by atoms with van der Waals surface area (Å²) in [5.74, 6) is -0.147. The zero-order valence-corrected chi connectivity index (χ0v) is 14.6. The highest BCUT2D eigenvalue weighted by molar-refractivity contribution is 5.77. The van der Waals surface area contributed by atoms with Crippen molar-refractivity contribution in [2.75, 3.05) is 7.05 Å². The van der Waals surface area contributed by atoms with Crippen molar-refractivity contribution < 1.29 is 4.79 Å². The average Bonchev–Trinajstić information content (AvgIpc) is 2.99. The molecule has 2 aromatic heterocycles. The monoisotopic (exact) mass is 339 g/mol. The van der Waals surface area contributed by atoms with Crippen LogP contribution in [-0.4, -0.2) is 37.2 Å². The molecule has 0 fully saturated rings. The molecule has 130 valence electrons. The molecule has 0 spiro atoms. The van der Waals surface area contributed by atoms with Crippen LogP contribution in [0.4, 0.5) is 0 Å². The number of hydrogen-bond donors (Lipinski definition) is 0. The van der Waals surface area contributed by atoms with Crippen LogP contribution in [-0.2, 0) is 31.4 Å². The quantitative estimate of drug-likeness (QED) is 0.703. The summed E-state index contributed by atoms with van der Waals surface area (Å²) in [5, 5.41) is 4.44. The van der Waals surface area contributed by atoms with Gasteiger partial charge in [0, 0.05) is 20.6 Å². The third-order valence-electron chi connectivity index (χ3n) is 4.30. The van der Waals surface area contributed by atoms with E-state index in [1.807, 2.05) is 12.1 Å². The predicted molar refractivity (Wildman–Crippen MR) is 95.1 cm³/mol. The Bertz CT molecular complexity index is 956. The maximum absolute atomic E-state index is 12.5. The van der Waals surface area contributed by atoms with Crippen molar-refractivity contribution in [2.45, 2.75) is 26.4 Å². The number of carbonyl (C=O) groups is 1. The molecular formula is C18H21N5O2. The Labute approximate surface area is 145 Å². The lowest BCUT2D eigenvalue weighted by Crippen LogP contribution is -2.33. The van der Waals surface area contributed by atoms with E-state index < -0.39 is 0 Å². The molecule has 7 heteroatoms. The smallest absolute Gasteiger partial charge is 0.264 e. The van der Waals surface area contributed by atoms with Crippen LogP contribution >= 0.6 is 0 Å². The minimum absolute atomic E-state index is 0.0415. The van der Waals surface area contributed by atoms with E-state index in [9.17, 15) is 9.59 Å². The van der Waals surface area contributed by atoms with Crippen molar-refractivity contribution in [2.24, 2.45) is 7.05 Å². The highest BCUT2D eigenvalue weighted by Crippen LogP contribution is 2.08. The van der Waals surface area contributed by atoms with Gasteiger partial charge in [-0.05, 0) is 17.5 Å². The number of aryl methyl sites for hydroxylation is 2. The van der Waals surface area contributed by atoms with Crippen molar-refractivity contribution in [1.29, 1.82) is 0 Å². The Kier molecular flexibility index (Phi) is 4.65. The summed E-state index contributed by atoms with van der Waals surface area (Å²) in [6.45, 7) is 2.57. The maximum atomic E-state index is 12.5. The SMILES string of the molecule is CCc1ccc(CN(C)C(=O)Cn2cnc3c(cnn3C)c2=O)cc1. The van der Waals surface area contributed by atoms with Crippen LogP contribution in [0, 0.1) is 0 Å². The zero-order chi connectivity index (χ0) is 18.0. The van der Waals surface area contributed by atoms with Crippen LogP contribution in [0.3, 0.4) is 0 Å². The fourth-order valence-electron chi connectivity index (χ4n) is 2.69. The standard InChI is InChI=1S/C18H21N5O2/c1-4-13-5-7-14(8-6-13)10-21(2)16(24)11-23-12-19-17-15(18(23)25)9-20-22(17)3/h5-9,12H,4,10-11H2,1-3H3. The molecule has 0 saturated carbocycles. The van der Waals surface area contributed by atoms with Gasteiger partial charge in [-0.2, -0.15) is 5.10 Å². The van der Waals surface area contributed by atoms with E-state index in [4.69, 9.17) is 0 Å². The first-order valence-electron chi connectivity index (χ1n) is 8.18. The van der Waals surface area contributed by atoms with Gasteiger partial charge in [0.25, 0.3) is 5.56 Å². The minimum atomic E-state index is -0.257. The highest BCUT2D eigenvalue weighted by atomic mass is 16.2. The van der Waals surface area contributed by atoms with Crippen LogP contribution < -0.4 is 5.56 Å². The van der Waals surface area contributed by atoms with Crippen LogP contribution in [0.25, 0.3) is 11.0 Å². The van der Waals surface area contributed by atoms with Crippen molar-refractivity contribution in [3.63, 3.8) is 0 Å². The molecule has 0 unspecified atom stereocenters. The lowest BCUT2D eigenvalue weighted by molar-refractivity contribution is -0.131. The Balaban J connectivity index is 1.72. The molecule has 0 bridgehead atoms. The maximum Gasteiger partial charge on any atom is 0.264 e. The molecule has 25 heavy (non-hydrogen) atoms. The van der Waals surface area contributed by atoms with Gasteiger partial charge in [0.05, 0.1) is 6.20 Å². The molecule has 7 nitrogen and oxygen atoms in total. The van der Waals surface area contributed by atoms with Crippen molar-refractivity contribution in [3.05, 3.63) is 58.3 Å². The van der Waals surface area contributed by atoms with Gasteiger partial charge in [-0.25, -0.2) is 4.98 Å². The molecule has 3 aromatic rings. The van der Waals surface area contributed by atoms with Gasteiger partial charge < -0.3 is 4.90 Å². The Morgan fingerprint density at radius 2 is 1.88 bits per heavy atom. The fourth-order valence-corrected chi connectivity index (χ4v) is 2.69. The third-order valence-corrected chi connectivity index (χ3v) is 4.30. The number of amides is 1. The van der Waals surface area contributed by atoms with Gasteiger partial charge in [-0.1, -0.05) is 31.2 Å². The second kappa shape index (κ2) is 6.88. The van der Waals surface area contributed by atoms with E-state index in [2.05, 4.69) is 29.1 Å². The molecule has 0 aliphatic heterocycles. The van der Waals surface area contributed by atoms with E-state index >= 15 is 0 Å². The average molecular weight is 339 g/mol. The van der Waals surface area contributed by atoms with Crippen LogP contribution in [0.15, 0.2) is 41.6 Å². The number of benzene rings is 1. The Morgan fingerprint density at radius 3 is 2.56 bits per heavy atom. The number of likely N-dealkylation sites (N-methyl/N-ethyl adjacent to an activating group) is 1. The van der Waals surface area contributed by atoms with E-state index in [1.54, 1.807) is 19.0 Å². The lowest BCUT2D eigenvalue weighted by Gasteiger charge is -2.18. The van der Waals surface area contributed by atoms with Gasteiger partial charge in [0.1, 0.15) is 18.3 Å².